The fourth-order valence-corrected chi connectivity index (χ4v) is 5.61. The molecule has 172 valence electrons. The SMILES string of the molecule is Cc1ccc(N2C(=NC3CCCCC3)c3ccccc3C3N(C)c4ccccc4C(=O)N32)cc1. The highest BCUT2D eigenvalue weighted by Gasteiger charge is 2.46. The third-order valence-corrected chi connectivity index (χ3v) is 7.38. The van der Waals surface area contributed by atoms with Gasteiger partial charge in [-0.15, -0.1) is 0 Å². The number of benzene rings is 3. The minimum atomic E-state index is -0.245. The minimum absolute atomic E-state index is 0.00474. The monoisotopic (exact) mass is 450 g/mol. The molecule has 1 atom stereocenters. The fourth-order valence-electron chi connectivity index (χ4n) is 5.61. The summed E-state index contributed by atoms with van der Waals surface area (Å²) in [5, 5.41) is 3.99. The second-order valence-corrected chi connectivity index (χ2v) is 9.63. The van der Waals surface area contributed by atoms with Crippen LogP contribution in [-0.4, -0.2) is 29.8 Å². The largest absolute Gasteiger partial charge is 0.348 e. The molecule has 1 saturated carbocycles. The van der Waals surface area contributed by atoms with Gasteiger partial charge in [0.2, 0.25) is 0 Å². The van der Waals surface area contributed by atoms with Crippen LogP contribution in [0.4, 0.5) is 11.4 Å². The molecule has 0 bridgehead atoms. The zero-order valence-electron chi connectivity index (χ0n) is 19.8. The van der Waals surface area contributed by atoms with Crippen LogP contribution >= 0.6 is 0 Å². The number of anilines is 2. The molecule has 0 spiro atoms. The van der Waals surface area contributed by atoms with Crippen LogP contribution in [0.25, 0.3) is 0 Å². The number of amides is 1. The number of hydrogen-bond acceptors (Lipinski definition) is 3. The molecule has 5 heteroatoms. The maximum Gasteiger partial charge on any atom is 0.277 e. The van der Waals surface area contributed by atoms with Crippen LogP contribution in [-0.2, 0) is 0 Å². The lowest BCUT2D eigenvalue weighted by Gasteiger charge is -2.52. The number of carbonyl (C=O) groups is 1. The van der Waals surface area contributed by atoms with E-state index in [2.05, 4.69) is 72.4 Å². The van der Waals surface area contributed by atoms with E-state index in [4.69, 9.17) is 4.99 Å². The predicted molar refractivity (Wildman–Crippen MR) is 137 cm³/mol. The van der Waals surface area contributed by atoms with E-state index in [1.165, 1.54) is 24.8 Å². The molecule has 3 aromatic rings. The lowest BCUT2D eigenvalue weighted by molar-refractivity contribution is 0.0653. The molecule has 6 rings (SSSR count). The minimum Gasteiger partial charge on any atom is -0.348 e. The Morgan fingerprint density at radius 2 is 1.50 bits per heavy atom. The first-order valence-corrected chi connectivity index (χ1v) is 12.3. The zero-order valence-corrected chi connectivity index (χ0v) is 19.8. The summed E-state index contributed by atoms with van der Waals surface area (Å²) in [6.07, 6.45) is 5.68. The first kappa shape index (κ1) is 21.0. The fraction of sp³-hybridized carbons (Fsp3) is 0.310. The van der Waals surface area contributed by atoms with Gasteiger partial charge in [0.15, 0.2) is 12.0 Å². The molecular formula is C29H30N4O. The maximum atomic E-state index is 14.1. The van der Waals surface area contributed by atoms with Crippen molar-refractivity contribution >= 4 is 23.1 Å². The highest BCUT2D eigenvalue weighted by molar-refractivity contribution is 6.16. The van der Waals surface area contributed by atoms with Crippen LogP contribution in [0.5, 0.6) is 0 Å². The van der Waals surface area contributed by atoms with Gasteiger partial charge in [0.1, 0.15) is 0 Å². The molecule has 1 amide bonds. The van der Waals surface area contributed by atoms with Gasteiger partial charge in [-0.25, -0.2) is 10.0 Å². The van der Waals surface area contributed by atoms with Crippen molar-refractivity contribution in [2.75, 3.05) is 17.0 Å². The molecular weight excluding hydrogens is 420 g/mol. The Morgan fingerprint density at radius 3 is 2.26 bits per heavy atom. The van der Waals surface area contributed by atoms with Gasteiger partial charge in [-0.2, -0.15) is 0 Å². The Kier molecular flexibility index (Phi) is 5.13. The third-order valence-electron chi connectivity index (χ3n) is 7.38. The topological polar surface area (TPSA) is 39.1 Å². The van der Waals surface area contributed by atoms with E-state index < -0.39 is 0 Å². The first-order chi connectivity index (χ1) is 16.6. The summed E-state index contributed by atoms with van der Waals surface area (Å²) in [6.45, 7) is 2.09. The van der Waals surface area contributed by atoms with E-state index in [0.29, 0.717) is 0 Å². The average molecular weight is 451 g/mol. The number of nitrogens with zero attached hydrogens (tertiary/aromatic N) is 4. The summed E-state index contributed by atoms with van der Waals surface area (Å²) in [5.74, 6) is 0.883. The van der Waals surface area contributed by atoms with Crippen LogP contribution in [0.1, 0.15) is 65.3 Å². The second-order valence-electron chi connectivity index (χ2n) is 9.63. The molecule has 0 aromatic heterocycles. The van der Waals surface area contributed by atoms with Gasteiger partial charge < -0.3 is 4.90 Å². The van der Waals surface area contributed by atoms with E-state index in [1.807, 2.05) is 29.3 Å². The highest BCUT2D eigenvalue weighted by Crippen LogP contribution is 2.44. The Bertz CT molecular complexity index is 1260. The van der Waals surface area contributed by atoms with Crippen LogP contribution < -0.4 is 9.91 Å². The molecule has 0 N–H and O–H groups in total. The Labute approximate surface area is 201 Å². The van der Waals surface area contributed by atoms with Crippen molar-refractivity contribution < 1.29 is 4.79 Å². The Balaban J connectivity index is 1.60. The molecule has 3 aromatic carbocycles. The summed E-state index contributed by atoms with van der Waals surface area (Å²) in [6, 6.07) is 25.1. The molecule has 1 unspecified atom stereocenters. The van der Waals surface area contributed by atoms with Crippen molar-refractivity contribution in [2.24, 2.45) is 4.99 Å². The zero-order chi connectivity index (χ0) is 23.2. The smallest absolute Gasteiger partial charge is 0.277 e. The lowest BCUT2D eigenvalue weighted by atomic mass is 9.93. The Hall–Kier alpha value is -3.60. The van der Waals surface area contributed by atoms with Crippen LogP contribution in [0, 0.1) is 6.92 Å². The maximum absolute atomic E-state index is 14.1. The molecule has 0 radical (unpaired) electrons. The van der Waals surface area contributed by atoms with Crippen molar-refractivity contribution in [1.82, 2.24) is 5.01 Å². The third kappa shape index (κ3) is 3.30. The molecule has 34 heavy (non-hydrogen) atoms. The molecule has 5 nitrogen and oxygen atoms in total. The Morgan fingerprint density at radius 1 is 0.824 bits per heavy atom. The first-order valence-electron chi connectivity index (χ1n) is 12.3. The number of hydrogen-bond donors (Lipinski definition) is 0. The average Bonchev–Trinajstić information content (AvgIpc) is 2.88. The van der Waals surface area contributed by atoms with Gasteiger partial charge in [0.05, 0.1) is 23.0 Å². The van der Waals surface area contributed by atoms with Gasteiger partial charge in [0, 0.05) is 18.2 Å². The van der Waals surface area contributed by atoms with Gasteiger partial charge in [0.25, 0.3) is 5.91 Å². The van der Waals surface area contributed by atoms with Crippen LogP contribution in [0.2, 0.25) is 0 Å². The quantitative estimate of drug-likeness (QED) is 0.474. The van der Waals surface area contributed by atoms with E-state index in [0.717, 1.165) is 46.7 Å². The van der Waals surface area contributed by atoms with Crippen molar-refractivity contribution in [1.29, 1.82) is 0 Å². The second kappa shape index (κ2) is 8.32. The molecule has 3 aliphatic rings. The van der Waals surface area contributed by atoms with Gasteiger partial charge in [-0.1, -0.05) is 73.4 Å². The van der Waals surface area contributed by atoms with Gasteiger partial charge >= 0.3 is 0 Å². The van der Waals surface area contributed by atoms with E-state index in [9.17, 15) is 4.79 Å². The highest BCUT2D eigenvalue weighted by atomic mass is 16.2. The number of fused-ring (bicyclic) bond motifs is 4. The van der Waals surface area contributed by atoms with E-state index >= 15 is 0 Å². The molecule has 2 aliphatic heterocycles. The summed E-state index contributed by atoms with van der Waals surface area (Å²) in [4.78, 5) is 21.7. The van der Waals surface area contributed by atoms with Crippen molar-refractivity contribution in [3.8, 4) is 0 Å². The summed E-state index contributed by atoms with van der Waals surface area (Å²) >= 11 is 0. The van der Waals surface area contributed by atoms with Crippen LogP contribution in [0.3, 0.4) is 0 Å². The summed E-state index contributed by atoms with van der Waals surface area (Å²) < 4.78 is 0. The molecule has 0 saturated heterocycles. The number of carbonyl (C=O) groups excluding carboxylic acids is 1. The number of para-hydroxylation sites is 1. The van der Waals surface area contributed by atoms with Crippen molar-refractivity contribution in [3.63, 3.8) is 0 Å². The number of hydrazine groups is 1. The summed E-state index contributed by atoms with van der Waals surface area (Å²) in [7, 11) is 2.08. The molecule has 1 fully saturated rings. The van der Waals surface area contributed by atoms with Crippen LogP contribution in [0.15, 0.2) is 77.8 Å². The standard InChI is InChI=1S/C29H30N4O/c1-20-16-18-22(19-17-20)32-27(30-21-10-4-3-5-11-21)23-12-6-7-13-24(23)28-31(2)26-15-9-8-14-25(26)29(34)33(28)32/h6-9,12-19,21,28H,3-5,10-11H2,1-2H3. The van der Waals surface area contributed by atoms with Gasteiger partial charge in [-0.3, -0.25) is 9.79 Å². The lowest BCUT2D eigenvalue weighted by Crippen LogP contribution is -2.61. The normalized spacial score (nSPS) is 21.4. The van der Waals surface area contributed by atoms with Gasteiger partial charge in [-0.05, 0) is 44.0 Å². The predicted octanol–water partition coefficient (Wildman–Crippen LogP) is 6.10. The summed E-state index contributed by atoms with van der Waals surface area (Å²) in [5.41, 5.74) is 6.05. The number of amidine groups is 1. The number of rotatable bonds is 2. The number of aliphatic imine (C=N–C) groups is 1. The van der Waals surface area contributed by atoms with E-state index in [1.54, 1.807) is 0 Å². The van der Waals surface area contributed by atoms with Crippen molar-refractivity contribution in [2.45, 2.75) is 51.2 Å². The van der Waals surface area contributed by atoms with E-state index in [-0.39, 0.29) is 18.1 Å². The molecule has 1 aliphatic carbocycles. The number of aryl methyl sites for hydroxylation is 1. The van der Waals surface area contributed by atoms with Crippen molar-refractivity contribution in [3.05, 3.63) is 95.1 Å². The molecule has 2 heterocycles.